The highest BCUT2D eigenvalue weighted by atomic mass is 35.5. The molecule has 0 spiro atoms. The van der Waals surface area contributed by atoms with Crippen LogP contribution in [0.4, 0.5) is 0 Å². The SMILES string of the molecule is NC(=O)COc1ccc(C(=O)OCC(=O)c2ccc(Cl)cc2)cc1. The van der Waals surface area contributed by atoms with Crippen molar-refractivity contribution in [3.05, 3.63) is 64.7 Å². The average Bonchev–Trinajstić information content (AvgIpc) is 2.58. The number of halogens is 1. The van der Waals surface area contributed by atoms with Crippen molar-refractivity contribution in [1.82, 2.24) is 0 Å². The van der Waals surface area contributed by atoms with Crippen LogP contribution in [0.3, 0.4) is 0 Å². The molecule has 2 N–H and O–H groups in total. The largest absolute Gasteiger partial charge is 0.484 e. The summed E-state index contributed by atoms with van der Waals surface area (Å²) >= 11 is 5.74. The van der Waals surface area contributed by atoms with Crippen molar-refractivity contribution in [2.45, 2.75) is 0 Å². The Kier molecular flexibility index (Phi) is 5.92. The molecule has 0 unspecified atom stereocenters. The van der Waals surface area contributed by atoms with Crippen LogP contribution in [0.5, 0.6) is 5.75 Å². The van der Waals surface area contributed by atoms with E-state index in [1.165, 1.54) is 24.3 Å². The van der Waals surface area contributed by atoms with E-state index in [2.05, 4.69) is 0 Å². The Bertz CT molecular complexity index is 741. The van der Waals surface area contributed by atoms with Crippen LogP contribution in [0, 0.1) is 0 Å². The van der Waals surface area contributed by atoms with E-state index in [4.69, 9.17) is 26.8 Å². The normalized spacial score (nSPS) is 10.0. The molecule has 0 aromatic heterocycles. The number of rotatable bonds is 7. The molecule has 0 aliphatic carbocycles. The lowest BCUT2D eigenvalue weighted by Gasteiger charge is -2.06. The molecule has 2 rings (SSSR count). The molecule has 2 aromatic rings. The van der Waals surface area contributed by atoms with Crippen LogP contribution in [0.15, 0.2) is 48.5 Å². The monoisotopic (exact) mass is 347 g/mol. The van der Waals surface area contributed by atoms with Crippen molar-refractivity contribution < 1.29 is 23.9 Å². The Hall–Kier alpha value is -2.86. The fourth-order valence-electron chi connectivity index (χ4n) is 1.78. The molecular formula is C17H14ClNO5. The number of hydrogen-bond donors (Lipinski definition) is 1. The minimum atomic E-state index is -0.640. The molecule has 0 bridgehead atoms. The smallest absolute Gasteiger partial charge is 0.338 e. The van der Waals surface area contributed by atoms with Gasteiger partial charge in [0, 0.05) is 10.6 Å². The standard InChI is InChI=1S/C17H14ClNO5/c18-13-5-1-11(2-6-13)15(20)9-24-17(22)12-3-7-14(8-4-12)23-10-16(19)21/h1-8H,9-10H2,(H2,19,21). The summed E-state index contributed by atoms with van der Waals surface area (Å²) in [6, 6.07) is 12.2. The second-order valence-corrected chi connectivity index (χ2v) is 5.22. The molecule has 0 fully saturated rings. The minimum Gasteiger partial charge on any atom is -0.484 e. The maximum Gasteiger partial charge on any atom is 0.338 e. The Labute approximate surface area is 143 Å². The summed E-state index contributed by atoms with van der Waals surface area (Å²) < 4.78 is 10.1. The van der Waals surface area contributed by atoms with E-state index in [-0.39, 0.29) is 24.6 Å². The van der Waals surface area contributed by atoms with Crippen LogP contribution < -0.4 is 10.5 Å². The highest BCUT2D eigenvalue weighted by Crippen LogP contribution is 2.14. The number of Topliss-reactive ketones (excluding diaryl/α,β-unsaturated/α-hetero) is 1. The fraction of sp³-hybridized carbons (Fsp3) is 0.118. The summed E-state index contributed by atoms with van der Waals surface area (Å²) in [6.07, 6.45) is 0. The molecule has 2 aromatic carbocycles. The maximum atomic E-state index is 11.9. The van der Waals surface area contributed by atoms with E-state index in [0.717, 1.165) is 0 Å². The van der Waals surface area contributed by atoms with Gasteiger partial charge < -0.3 is 15.2 Å². The van der Waals surface area contributed by atoms with Crippen molar-refractivity contribution in [1.29, 1.82) is 0 Å². The molecule has 7 heteroatoms. The number of benzene rings is 2. The van der Waals surface area contributed by atoms with Crippen LogP contribution in [0.1, 0.15) is 20.7 Å². The van der Waals surface area contributed by atoms with Gasteiger partial charge in [-0.2, -0.15) is 0 Å². The number of esters is 1. The van der Waals surface area contributed by atoms with Gasteiger partial charge in [-0.1, -0.05) is 11.6 Å². The van der Waals surface area contributed by atoms with Gasteiger partial charge in [-0.3, -0.25) is 9.59 Å². The highest BCUT2D eigenvalue weighted by molar-refractivity contribution is 6.30. The van der Waals surface area contributed by atoms with Gasteiger partial charge in [-0.25, -0.2) is 4.79 Å². The maximum absolute atomic E-state index is 11.9. The first-order chi connectivity index (χ1) is 11.5. The van der Waals surface area contributed by atoms with Gasteiger partial charge >= 0.3 is 5.97 Å². The molecule has 0 saturated heterocycles. The summed E-state index contributed by atoms with van der Waals surface area (Å²) in [5.74, 6) is -1.18. The van der Waals surface area contributed by atoms with Gasteiger partial charge in [0.2, 0.25) is 0 Å². The van der Waals surface area contributed by atoms with Crippen LogP contribution in [-0.2, 0) is 9.53 Å². The zero-order valence-corrected chi connectivity index (χ0v) is 13.3. The van der Waals surface area contributed by atoms with Gasteiger partial charge in [0.15, 0.2) is 19.0 Å². The Morgan fingerprint density at radius 2 is 1.46 bits per heavy atom. The lowest BCUT2D eigenvalue weighted by Crippen LogP contribution is -2.20. The van der Waals surface area contributed by atoms with Gasteiger partial charge in [0.05, 0.1) is 5.56 Å². The number of carbonyl (C=O) groups is 3. The molecule has 124 valence electrons. The molecule has 0 heterocycles. The summed E-state index contributed by atoms with van der Waals surface area (Å²) in [5.41, 5.74) is 5.63. The number of nitrogens with two attached hydrogens (primary N) is 1. The molecule has 0 saturated carbocycles. The van der Waals surface area contributed by atoms with Crippen LogP contribution in [0.2, 0.25) is 5.02 Å². The molecule has 0 aliphatic rings. The van der Waals surface area contributed by atoms with Crippen LogP contribution in [0.25, 0.3) is 0 Å². The molecule has 1 amide bonds. The number of ketones is 1. The van der Waals surface area contributed by atoms with Crippen LogP contribution in [-0.4, -0.2) is 30.9 Å². The van der Waals surface area contributed by atoms with Crippen LogP contribution >= 0.6 is 11.6 Å². The molecule has 24 heavy (non-hydrogen) atoms. The van der Waals surface area contributed by atoms with E-state index in [0.29, 0.717) is 16.3 Å². The van der Waals surface area contributed by atoms with Gasteiger partial charge in [-0.15, -0.1) is 0 Å². The predicted octanol–water partition coefficient (Wildman–Crippen LogP) is 2.24. The van der Waals surface area contributed by atoms with Gasteiger partial charge in [-0.05, 0) is 48.5 Å². The highest BCUT2D eigenvalue weighted by Gasteiger charge is 2.12. The first-order valence-corrected chi connectivity index (χ1v) is 7.30. The second-order valence-electron chi connectivity index (χ2n) is 4.79. The number of hydrogen-bond acceptors (Lipinski definition) is 5. The Balaban J connectivity index is 1.89. The van der Waals surface area contributed by atoms with E-state index in [1.54, 1.807) is 24.3 Å². The number of amides is 1. The van der Waals surface area contributed by atoms with Crippen molar-refractivity contribution >= 4 is 29.3 Å². The average molecular weight is 348 g/mol. The predicted molar refractivity (Wildman–Crippen MR) is 87.2 cm³/mol. The topological polar surface area (TPSA) is 95.7 Å². The first kappa shape index (κ1) is 17.5. The summed E-state index contributed by atoms with van der Waals surface area (Å²) in [6.45, 7) is -0.625. The second kappa shape index (κ2) is 8.12. The van der Waals surface area contributed by atoms with E-state index in [9.17, 15) is 14.4 Å². The van der Waals surface area contributed by atoms with E-state index < -0.39 is 11.9 Å². The summed E-state index contributed by atoms with van der Waals surface area (Å²) in [4.78, 5) is 34.4. The van der Waals surface area contributed by atoms with Gasteiger partial charge in [0.1, 0.15) is 5.75 Å². The lowest BCUT2D eigenvalue weighted by atomic mass is 10.1. The molecular weight excluding hydrogens is 334 g/mol. The fourth-order valence-corrected chi connectivity index (χ4v) is 1.90. The molecule has 0 radical (unpaired) electrons. The summed E-state index contributed by atoms with van der Waals surface area (Å²) in [5, 5.41) is 0.516. The third kappa shape index (κ3) is 5.10. The third-order valence-corrected chi connectivity index (χ3v) is 3.22. The molecule has 0 aliphatic heterocycles. The Morgan fingerprint density at radius 1 is 0.875 bits per heavy atom. The van der Waals surface area contributed by atoms with E-state index >= 15 is 0 Å². The van der Waals surface area contributed by atoms with E-state index in [1.807, 2.05) is 0 Å². The lowest BCUT2D eigenvalue weighted by molar-refractivity contribution is -0.119. The van der Waals surface area contributed by atoms with Crippen molar-refractivity contribution in [2.24, 2.45) is 5.73 Å². The zero-order chi connectivity index (χ0) is 17.5. The van der Waals surface area contributed by atoms with Crippen molar-refractivity contribution in [3.63, 3.8) is 0 Å². The number of carbonyl (C=O) groups excluding carboxylic acids is 3. The molecule has 0 atom stereocenters. The number of primary amides is 1. The minimum absolute atomic E-state index is 0.251. The first-order valence-electron chi connectivity index (χ1n) is 6.93. The third-order valence-electron chi connectivity index (χ3n) is 2.97. The van der Waals surface area contributed by atoms with Gasteiger partial charge in [0.25, 0.3) is 5.91 Å². The quantitative estimate of drug-likeness (QED) is 0.612. The zero-order valence-electron chi connectivity index (χ0n) is 12.5. The number of ether oxygens (including phenoxy) is 2. The summed E-state index contributed by atoms with van der Waals surface area (Å²) in [7, 11) is 0. The van der Waals surface area contributed by atoms with Crippen molar-refractivity contribution in [3.8, 4) is 5.75 Å². The van der Waals surface area contributed by atoms with Crippen molar-refractivity contribution in [2.75, 3.05) is 13.2 Å². The Morgan fingerprint density at radius 3 is 2.04 bits per heavy atom. The molecule has 6 nitrogen and oxygen atoms in total.